The lowest BCUT2D eigenvalue weighted by atomic mass is 9.52. The van der Waals surface area contributed by atoms with Gasteiger partial charge < -0.3 is 4.90 Å². The van der Waals surface area contributed by atoms with E-state index in [1.54, 1.807) is 5.57 Å². The Kier molecular flexibility index (Phi) is 3.66. The zero-order valence-corrected chi connectivity index (χ0v) is 15.2. The van der Waals surface area contributed by atoms with E-state index in [0.717, 1.165) is 37.1 Å². The number of nitrogens with zero attached hydrogens (tertiary/aromatic N) is 1. The van der Waals surface area contributed by atoms with Crippen LogP contribution in [-0.4, -0.2) is 22.9 Å². The Morgan fingerprint density at radius 2 is 2.00 bits per heavy atom. The molecule has 0 aromatic heterocycles. The average Bonchev–Trinajstić information content (AvgIpc) is 2.79. The quantitative estimate of drug-likeness (QED) is 0.628. The third-order valence-corrected chi connectivity index (χ3v) is 8.29. The number of allylic oxidation sites excluding steroid dienone is 2. The zero-order chi connectivity index (χ0) is 16.2. The van der Waals surface area contributed by atoms with E-state index in [1.807, 2.05) is 0 Å². The lowest BCUT2D eigenvalue weighted by Gasteiger charge is -2.59. The van der Waals surface area contributed by atoms with Crippen LogP contribution < -0.4 is 0 Å². The van der Waals surface area contributed by atoms with E-state index in [9.17, 15) is 4.79 Å². The van der Waals surface area contributed by atoms with Crippen molar-refractivity contribution in [2.75, 3.05) is 6.54 Å². The largest absolute Gasteiger partial charge is 0.337 e. The van der Waals surface area contributed by atoms with E-state index in [-0.39, 0.29) is 5.54 Å². The van der Waals surface area contributed by atoms with Crippen molar-refractivity contribution in [3.63, 3.8) is 0 Å². The fraction of sp³-hybridized carbons (Fsp3) is 0.857. The molecule has 0 spiro atoms. The van der Waals surface area contributed by atoms with Crippen molar-refractivity contribution >= 4 is 5.91 Å². The van der Waals surface area contributed by atoms with Crippen LogP contribution in [0.3, 0.4) is 0 Å². The number of amides is 1. The van der Waals surface area contributed by atoms with Crippen molar-refractivity contribution in [3.8, 4) is 0 Å². The fourth-order valence-electron chi connectivity index (χ4n) is 7.02. The van der Waals surface area contributed by atoms with Crippen LogP contribution in [0.4, 0.5) is 0 Å². The van der Waals surface area contributed by atoms with Crippen LogP contribution in [0.25, 0.3) is 0 Å². The molecule has 0 N–H and O–H groups in total. The number of piperidine rings is 1. The first kappa shape index (κ1) is 15.7. The minimum atomic E-state index is 0.146. The first-order valence-corrected chi connectivity index (χ1v) is 10.0. The molecule has 2 nitrogen and oxygen atoms in total. The monoisotopic (exact) mass is 315 g/mol. The summed E-state index contributed by atoms with van der Waals surface area (Å²) in [6, 6.07) is 0. The smallest absolute Gasteiger partial charge is 0.223 e. The maximum Gasteiger partial charge on any atom is 0.223 e. The van der Waals surface area contributed by atoms with Crippen LogP contribution in [0.2, 0.25) is 0 Å². The highest BCUT2D eigenvalue weighted by molar-refractivity contribution is 5.77. The molecule has 4 rings (SSSR count). The van der Waals surface area contributed by atoms with Gasteiger partial charge in [-0.3, -0.25) is 4.79 Å². The van der Waals surface area contributed by atoms with Gasteiger partial charge in [-0.05, 0) is 75.0 Å². The molecule has 2 saturated heterocycles. The maximum absolute atomic E-state index is 12.6. The average molecular weight is 316 g/mol. The minimum Gasteiger partial charge on any atom is -0.337 e. The van der Waals surface area contributed by atoms with Crippen molar-refractivity contribution in [1.82, 2.24) is 4.90 Å². The molecule has 2 heterocycles. The summed E-state index contributed by atoms with van der Waals surface area (Å²) in [5, 5.41) is 0. The van der Waals surface area contributed by atoms with Gasteiger partial charge in [-0.2, -0.15) is 0 Å². The molecule has 0 aromatic carbocycles. The second-order valence-corrected chi connectivity index (χ2v) is 9.05. The third-order valence-electron chi connectivity index (χ3n) is 8.29. The third kappa shape index (κ3) is 2.09. The van der Waals surface area contributed by atoms with Gasteiger partial charge in [-0.25, -0.2) is 0 Å². The molecule has 1 saturated carbocycles. The maximum atomic E-state index is 12.6. The van der Waals surface area contributed by atoms with Gasteiger partial charge in [0.1, 0.15) is 0 Å². The van der Waals surface area contributed by atoms with Crippen molar-refractivity contribution in [3.05, 3.63) is 11.6 Å². The summed E-state index contributed by atoms with van der Waals surface area (Å²) in [7, 11) is 0. The lowest BCUT2D eigenvalue weighted by Crippen LogP contribution is -2.62. The first-order valence-electron chi connectivity index (χ1n) is 10.0. The molecule has 4 aliphatic rings. The number of carbonyl (C=O) groups is 1. The highest BCUT2D eigenvalue weighted by Gasteiger charge is 2.57. The fourth-order valence-corrected chi connectivity index (χ4v) is 7.02. The standard InChI is InChI=1S/C21H33NO/c1-4-15-8-9-17-16-11-14-22-19(23)7-5-6-12-21(22,3)18(16)10-13-20(15,17)2/h8,16-18H,4-7,9-14H2,1-3H3. The van der Waals surface area contributed by atoms with Gasteiger partial charge in [0.2, 0.25) is 5.91 Å². The van der Waals surface area contributed by atoms with Crippen LogP contribution in [0.15, 0.2) is 11.6 Å². The molecule has 0 bridgehead atoms. The number of rotatable bonds is 1. The van der Waals surface area contributed by atoms with Crippen LogP contribution in [0.1, 0.15) is 78.6 Å². The van der Waals surface area contributed by atoms with Crippen molar-refractivity contribution in [2.45, 2.75) is 84.1 Å². The van der Waals surface area contributed by atoms with Crippen molar-refractivity contribution in [1.29, 1.82) is 0 Å². The summed E-state index contributed by atoms with van der Waals surface area (Å²) in [5.41, 5.74) is 2.33. The Bertz CT molecular complexity index is 538. The van der Waals surface area contributed by atoms with Gasteiger partial charge in [-0.15, -0.1) is 0 Å². The molecule has 23 heavy (non-hydrogen) atoms. The highest BCUT2D eigenvalue weighted by atomic mass is 16.2. The SMILES string of the molecule is CCC1=CCC2C3CCN4C(=O)CCCCC4(C)C3CCC12C. The van der Waals surface area contributed by atoms with E-state index in [1.165, 1.54) is 44.9 Å². The predicted molar refractivity (Wildman–Crippen MR) is 94.0 cm³/mol. The summed E-state index contributed by atoms with van der Waals surface area (Å²) in [6.45, 7) is 8.33. The van der Waals surface area contributed by atoms with E-state index in [0.29, 0.717) is 11.3 Å². The minimum absolute atomic E-state index is 0.146. The van der Waals surface area contributed by atoms with Gasteiger partial charge in [0, 0.05) is 18.5 Å². The molecule has 5 atom stereocenters. The molecular formula is C21H33NO. The Labute approximate surface area is 141 Å². The lowest BCUT2D eigenvalue weighted by molar-refractivity contribution is -0.150. The number of fused-ring (bicyclic) bond motifs is 5. The van der Waals surface area contributed by atoms with Gasteiger partial charge in [0.25, 0.3) is 0 Å². The summed E-state index contributed by atoms with van der Waals surface area (Å²) in [5.74, 6) is 2.85. The molecular weight excluding hydrogens is 282 g/mol. The summed E-state index contributed by atoms with van der Waals surface area (Å²) < 4.78 is 0. The summed E-state index contributed by atoms with van der Waals surface area (Å²) >= 11 is 0. The van der Waals surface area contributed by atoms with E-state index >= 15 is 0 Å². The first-order chi connectivity index (χ1) is 11.0. The second kappa shape index (κ2) is 5.36. The van der Waals surface area contributed by atoms with E-state index in [4.69, 9.17) is 0 Å². The molecule has 128 valence electrons. The Morgan fingerprint density at radius 1 is 1.17 bits per heavy atom. The molecule has 1 amide bonds. The van der Waals surface area contributed by atoms with Gasteiger partial charge in [0.15, 0.2) is 0 Å². The van der Waals surface area contributed by atoms with Gasteiger partial charge >= 0.3 is 0 Å². The van der Waals surface area contributed by atoms with Crippen molar-refractivity contribution < 1.29 is 4.79 Å². The zero-order valence-electron chi connectivity index (χ0n) is 15.2. The number of hydrogen-bond acceptors (Lipinski definition) is 1. The Hall–Kier alpha value is -0.790. The highest BCUT2D eigenvalue weighted by Crippen LogP contribution is 2.62. The Balaban J connectivity index is 1.66. The second-order valence-electron chi connectivity index (χ2n) is 9.05. The number of carbonyl (C=O) groups excluding carboxylic acids is 1. The molecule has 3 fully saturated rings. The van der Waals surface area contributed by atoms with Crippen LogP contribution in [0, 0.1) is 23.2 Å². The Morgan fingerprint density at radius 3 is 2.78 bits per heavy atom. The normalized spacial score (nSPS) is 46.6. The van der Waals surface area contributed by atoms with Gasteiger partial charge in [0.05, 0.1) is 0 Å². The topological polar surface area (TPSA) is 20.3 Å². The molecule has 2 aliphatic heterocycles. The predicted octanol–water partition coefficient (Wildman–Crippen LogP) is 4.94. The van der Waals surface area contributed by atoms with Gasteiger partial charge in [-0.1, -0.05) is 31.9 Å². The van der Waals surface area contributed by atoms with E-state index in [2.05, 4.69) is 31.7 Å². The van der Waals surface area contributed by atoms with E-state index < -0.39 is 0 Å². The van der Waals surface area contributed by atoms with Crippen LogP contribution >= 0.6 is 0 Å². The van der Waals surface area contributed by atoms with Crippen LogP contribution in [0.5, 0.6) is 0 Å². The molecule has 0 aromatic rings. The summed E-state index contributed by atoms with van der Waals surface area (Å²) in [4.78, 5) is 14.9. The summed E-state index contributed by atoms with van der Waals surface area (Å²) in [6.07, 6.45) is 13.4. The van der Waals surface area contributed by atoms with Crippen LogP contribution in [-0.2, 0) is 4.79 Å². The number of hydrogen-bond donors (Lipinski definition) is 0. The molecule has 2 heteroatoms. The van der Waals surface area contributed by atoms with Crippen molar-refractivity contribution in [2.24, 2.45) is 23.2 Å². The molecule has 0 radical (unpaired) electrons. The molecule has 5 unspecified atom stereocenters. The molecule has 2 aliphatic carbocycles.